The fraction of sp³-hybridized carbons (Fsp3) is 0.200. The van der Waals surface area contributed by atoms with Gasteiger partial charge in [0.1, 0.15) is 0 Å². The largest absolute Gasteiger partial charge is 0.345 e. The van der Waals surface area contributed by atoms with Gasteiger partial charge in [-0.2, -0.15) is 0 Å². The molecule has 1 amide bonds. The van der Waals surface area contributed by atoms with E-state index in [-0.39, 0.29) is 17.1 Å². The summed E-state index contributed by atoms with van der Waals surface area (Å²) in [6.07, 6.45) is 3.28. The van der Waals surface area contributed by atoms with Crippen molar-refractivity contribution in [2.75, 3.05) is 14.1 Å². The Morgan fingerprint density at radius 3 is 2.00 bits per heavy atom. The summed E-state index contributed by atoms with van der Waals surface area (Å²) < 4.78 is 0. The molecule has 0 aliphatic heterocycles. The molecule has 3 nitrogen and oxygen atoms in total. The molecule has 0 aliphatic carbocycles. The van der Waals surface area contributed by atoms with Crippen LogP contribution in [0.2, 0.25) is 0 Å². The van der Waals surface area contributed by atoms with Gasteiger partial charge in [0, 0.05) is 25.2 Å². The van der Waals surface area contributed by atoms with Gasteiger partial charge in [0.2, 0.25) is 0 Å². The minimum Gasteiger partial charge on any atom is -0.345 e. The number of hydrogen-bond donors (Lipinski definition) is 0. The number of amides is 1. The fourth-order valence-electron chi connectivity index (χ4n) is 0.791. The van der Waals surface area contributed by atoms with Crippen molar-refractivity contribution in [3.63, 3.8) is 0 Å². The van der Waals surface area contributed by atoms with Crippen molar-refractivity contribution in [2.24, 2.45) is 0 Å². The van der Waals surface area contributed by atoms with Crippen LogP contribution < -0.4 is 0 Å². The van der Waals surface area contributed by atoms with Gasteiger partial charge in [-0.05, 0) is 0 Å². The third-order valence-corrected chi connectivity index (χ3v) is 1.50. The molecule has 0 aromatic carbocycles. The number of nitrogens with zero attached hydrogens (tertiary/aromatic N) is 1. The van der Waals surface area contributed by atoms with Gasteiger partial charge in [-0.15, -0.1) is 0 Å². The molecule has 0 aliphatic rings. The standard InChI is InChI=1S/C10H13NO2/c1-5-8(7-12)9(6-2)10(13)11(3)4/h5-7H,1-2H2,3-4H3/b9-8-. The van der Waals surface area contributed by atoms with Gasteiger partial charge in [0.05, 0.1) is 0 Å². The van der Waals surface area contributed by atoms with Crippen molar-refractivity contribution in [1.82, 2.24) is 4.90 Å². The van der Waals surface area contributed by atoms with Gasteiger partial charge in [0.15, 0.2) is 6.29 Å². The number of allylic oxidation sites excluding steroid dienone is 2. The molecule has 0 atom stereocenters. The smallest absolute Gasteiger partial charge is 0.254 e. The second-order valence-electron chi connectivity index (χ2n) is 2.59. The molecule has 0 heterocycles. The summed E-state index contributed by atoms with van der Waals surface area (Å²) in [5.74, 6) is -0.253. The van der Waals surface area contributed by atoms with Crippen LogP contribution in [0.1, 0.15) is 0 Å². The fourth-order valence-corrected chi connectivity index (χ4v) is 0.791. The molecular formula is C10H13NO2. The van der Waals surface area contributed by atoms with Crippen LogP contribution in [0.25, 0.3) is 0 Å². The normalized spacial score (nSPS) is 11.2. The van der Waals surface area contributed by atoms with Gasteiger partial charge in [-0.25, -0.2) is 0 Å². The summed E-state index contributed by atoms with van der Waals surface area (Å²) >= 11 is 0. The quantitative estimate of drug-likeness (QED) is 0.366. The lowest BCUT2D eigenvalue weighted by Crippen LogP contribution is -2.23. The molecule has 13 heavy (non-hydrogen) atoms. The molecule has 0 N–H and O–H groups in total. The van der Waals surface area contributed by atoms with Crippen molar-refractivity contribution in [1.29, 1.82) is 0 Å². The van der Waals surface area contributed by atoms with Gasteiger partial charge < -0.3 is 4.90 Å². The average Bonchev–Trinajstić information content (AvgIpc) is 2.12. The first-order valence-corrected chi connectivity index (χ1v) is 3.74. The van der Waals surface area contributed by atoms with Gasteiger partial charge in [0.25, 0.3) is 5.91 Å². The molecule has 0 aromatic heterocycles. The van der Waals surface area contributed by atoms with Gasteiger partial charge in [-0.1, -0.05) is 25.3 Å². The van der Waals surface area contributed by atoms with Crippen molar-refractivity contribution in [3.05, 3.63) is 36.5 Å². The van der Waals surface area contributed by atoms with E-state index in [1.165, 1.54) is 17.1 Å². The predicted molar refractivity (Wildman–Crippen MR) is 52.2 cm³/mol. The summed E-state index contributed by atoms with van der Waals surface area (Å²) in [5.41, 5.74) is 0.531. The molecule has 3 heteroatoms. The third kappa shape index (κ3) is 2.71. The first-order chi connectivity index (χ1) is 6.08. The number of aldehydes is 1. The van der Waals surface area contributed by atoms with E-state index in [0.29, 0.717) is 6.29 Å². The topological polar surface area (TPSA) is 37.4 Å². The molecule has 0 saturated heterocycles. The van der Waals surface area contributed by atoms with Crippen LogP contribution in [-0.4, -0.2) is 31.2 Å². The van der Waals surface area contributed by atoms with E-state index in [1.54, 1.807) is 14.1 Å². The zero-order valence-corrected chi connectivity index (χ0v) is 7.91. The molecule has 0 unspecified atom stereocenters. The second kappa shape index (κ2) is 5.09. The Morgan fingerprint density at radius 1 is 1.23 bits per heavy atom. The van der Waals surface area contributed by atoms with Gasteiger partial charge >= 0.3 is 0 Å². The summed E-state index contributed by atoms with van der Waals surface area (Å²) in [7, 11) is 3.22. The Labute approximate surface area is 78.0 Å². The van der Waals surface area contributed by atoms with Crippen molar-refractivity contribution in [2.45, 2.75) is 0 Å². The lowest BCUT2D eigenvalue weighted by molar-refractivity contribution is -0.124. The molecule has 0 rings (SSSR count). The van der Waals surface area contributed by atoms with Crippen molar-refractivity contribution in [3.8, 4) is 0 Å². The maximum Gasteiger partial charge on any atom is 0.254 e. The Morgan fingerprint density at radius 2 is 1.77 bits per heavy atom. The van der Waals surface area contributed by atoms with E-state index < -0.39 is 0 Å². The summed E-state index contributed by atoms with van der Waals surface area (Å²) in [4.78, 5) is 23.3. The second-order valence-corrected chi connectivity index (χ2v) is 2.59. The summed E-state index contributed by atoms with van der Waals surface area (Å²) in [5, 5.41) is 0. The molecule has 0 aromatic rings. The lowest BCUT2D eigenvalue weighted by atomic mass is 10.1. The minimum absolute atomic E-state index is 0.253. The first-order valence-electron chi connectivity index (χ1n) is 3.74. The molecular weight excluding hydrogens is 166 g/mol. The molecule has 0 bridgehead atoms. The highest BCUT2D eigenvalue weighted by molar-refractivity contribution is 6.02. The molecule has 0 radical (unpaired) electrons. The Kier molecular flexibility index (Phi) is 4.44. The number of hydrogen-bond acceptors (Lipinski definition) is 2. The summed E-state index contributed by atoms with van der Waals surface area (Å²) in [6.45, 7) is 6.90. The van der Waals surface area contributed by atoms with Crippen LogP contribution in [0.5, 0.6) is 0 Å². The minimum atomic E-state index is -0.253. The Hall–Kier alpha value is -1.64. The van der Waals surface area contributed by atoms with E-state index >= 15 is 0 Å². The van der Waals surface area contributed by atoms with E-state index in [2.05, 4.69) is 13.2 Å². The van der Waals surface area contributed by atoms with Crippen LogP contribution in [-0.2, 0) is 9.59 Å². The third-order valence-electron chi connectivity index (χ3n) is 1.50. The predicted octanol–water partition coefficient (Wildman–Crippen LogP) is 0.942. The van der Waals surface area contributed by atoms with E-state index in [9.17, 15) is 9.59 Å². The zero-order chi connectivity index (χ0) is 10.4. The zero-order valence-electron chi connectivity index (χ0n) is 7.91. The Balaban J connectivity index is 5.19. The van der Waals surface area contributed by atoms with E-state index in [1.807, 2.05) is 0 Å². The van der Waals surface area contributed by atoms with Crippen LogP contribution in [0.3, 0.4) is 0 Å². The highest BCUT2D eigenvalue weighted by Gasteiger charge is 2.11. The average molecular weight is 179 g/mol. The number of carbonyl (C=O) groups is 2. The molecule has 0 fully saturated rings. The van der Waals surface area contributed by atoms with Crippen LogP contribution >= 0.6 is 0 Å². The summed E-state index contributed by atoms with van der Waals surface area (Å²) in [6, 6.07) is 0. The van der Waals surface area contributed by atoms with E-state index in [0.717, 1.165) is 0 Å². The highest BCUT2D eigenvalue weighted by atomic mass is 16.2. The Bertz CT molecular complexity index is 265. The first kappa shape index (κ1) is 11.4. The number of carbonyl (C=O) groups excluding carboxylic acids is 2. The maximum atomic E-state index is 11.4. The number of likely N-dealkylation sites (N-methyl/N-ethyl adjacent to an activating group) is 1. The lowest BCUT2D eigenvalue weighted by Gasteiger charge is -2.11. The highest BCUT2D eigenvalue weighted by Crippen LogP contribution is 2.07. The SMILES string of the molecule is C=C/C(C=O)=C(\C=C)C(=O)N(C)C. The molecule has 70 valence electrons. The van der Waals surface area contributed by atoms with Gasteiger partial charge in [-0.3, -0.25) is 9.59 Å². The number of rotatable bonds is 4. The molecule has 0 spiro atoms. The molecule has 0 saturated carbocycles. The van der Waals surface area contributed by atoms with Crippen molar-refractivity contribution >= 4 is 12.2 Å². The van der Waals surface area contributed by atoms with Crippen molar-refractivity contribution < 1.29 is 9.59 Å². The van der Waals surface area contributed by atoms with Crippen LogP contribution in [0, 0.1) is 0 Å². The monoisotopic (exact) mass is 179 g/mol. The van der Waals surface area contributed by atoms with Crippen LogP contribution in [0.4, 0.5) is 0 Å². The van der Waals surface area contributed by atoms with Crippen LogP contribution in [0.15, 0.2) is 36.5 Å². The van der Waals surface area contributed by atoms with E-state index in [4.69, 9.17) is 0 Å². The maximum absolute atomic E-state index is 11.4.